The fraction of sp³-hybridized carbons (Fsp3) is 0.538. The molecule has 0 radical (unpaired) electrons. The number of anilines is 1. The third kappa shape index (κ3) is 5.42. The Morgan fingerprint density at radius 3 is 2.47 bits per heavy atom. The minimum Gasteiger partial charge on any atom is -0.379 e. The van der Waals surface area contributed by atoms with Crippen molar-refractivity contribution in [3.63, 3.8) is 0 Å². The molecular weight excluding hydrogens is 511 g/mol. The summed E-state index contributed by atoms with van der Waals surface area (Å²) in [7, 11) is 3.48. The topological polar surface area (TPSA) is 75.6 Å². The van der Waals surface area contributed by atoms with Gasteiger partial charge in [-0.15, -0.1) is 0 Å². The molecule has 1 saturated carbocycles. The average molecular weight is 543 g/mol. The number of hydrogen-bond acceptors (Lipinski definition) is 5. The quantitative estimate of drug-likeness (QED) is 0.463. The van der Waals surface area contributed by atoms with Crippen LogP contribution in [-0.4, -0.2) is 61.2 Å². The number of carbonyl (C=O) groups excluding carboxylic acids is 1. The second-order valence-corrected chi connectivity index (χ2v) is 10.0. The Morgan fingerprint density at radius 1 is 1.18 bits per heavy atom. The van der Waals surface area contributed by atoms with E-state index in [2.05, 4.69) is 15.5 Å². The average Bonchev–Trinajstić information content (AvgIpc) is 3.67. The third-order valence-corrected chi connectivity index (χ3v) is 7.46. The molecule has 0 spiro atoms. The first-order valence-corrected chi connectivity index (χ1v) is 12.4. The monoisotopic (exact) mass is 542 g/mol. The number of pyridine rings is 1. The van der Waals surface area contributed by atoms with Crippen LogP contribution in [0.3, 0.4) is 0 Å². The van der Waals surface area contributed by atoms with Crippen molar-refractivity contribution in [3.05, 3.63) is 63.3 Å². The molecule has 12 heteroatoms. The zero-order chi connectivity index (χ0) is 27.8. The number of carbonyl (C=O) groups is 1. The van der Waals surface area contributed by atoms with Gasteiger partial charge in [0.15, 0.2) is 0 Å². The molecular formula is C26H31F5N4O3. The number of halogens is 5. The van der Waals surface area contributed by atoms with Crippen molar-refractivity contribution >= 4 is 11.6 Å². The van der Waals surface area contributed by atoms with Crippen LogP contribution < -0.4 is 16.2 Å². The van der Waals surface area contributed by atoms with E-state index in [1.54, 1.807) is 7.11 Å². The SMILES string of the molecule is CO[C@H]1CN(C)CC[C@H]1Nc1cc(=O)n(C2(C(F)F)CC2)cc1C(=O)NC(C)c1cccc(C(F)F)c1F. The zero-order valence-corrected chi connectivity index (χ0v) is 21.3. The first-order valence-electron chi connectivity index (χ1n) is 12.4. The highest BCUT2D eigenvalue weighted by Gasteiger charge is 2.53. The molecule has 2 aliphatic rings. The highest BCUT2D eigenvalue weighted by atomic mass is 19.3. The minimum absolute atomic E-state index is 0.0845. The Labute approximate surface area is 217 Å². The number of amides is 1. The normalized spacial score (nSPS) is 21.9. The number of methoxy groups -OCH3 is 1. The number of piperidine rings is 1. The van der Waals surface area contributed by atoms with E-state index in [-0.39, 0.29) is 41.8 Å². The number of rotatable bonds is 9. The maximum absolute atomic E-state index is 14.7. The molecule has 2 fully saturated rings. The molecule has 2 N–H and O–H groups in total. The molecule has 2 aromatic rings. The van der Waals surface area contributed by atoms with E-state index < -0.39 is 47.3 Å². The largest absolute Gasteiger partial charge is 0.379 e. The van der Waals surface area contributed by atoms with Gasteiger partial charge in [-0.05, 0) is 39.8 Å². The van der Waals surface area contributed by atoms with Gasteiger partial charge < -0.3 is 24.8 Å². The van der Waals surface area contributed by atoms with Crippen LogP contribution in [0.15, 0.2) is 35.3 Å². The molecule has 4 rings (SSSR count). The summed E-state index contributed by atoms with van der Waals surface area (Å²) >= 11 is 0. The molecule has 3 atom stereocenters. The highest BCUT2D eigenvalue weighted by Crippen LogP contribution is 2.48. The van der Waals surface area contributed by atoms with E-state index >= 15 is 0 Å². The number of alkyl halides is 4. The van der Waals surface area contributed by atoms with Crippen molar-refractivity contribution in [1.29, 1.82) is 0 Å². The smallest absolute Gasteiger partial charge is 0.266 e. The van der Waals surface area contributed by atoms with Crippen molar-refractivity contribution in [3.8, 4) is 0 Å². The second kappa shape index (κ2) is 11.0. The third-order valence-electron chi connectivity index (χ3n) is 7.46. The molecule has 1 aromatic carbocycles. The lowest BCUT2D eigenvalue weighted by Crippen LogP contribution is -2.49. The van der Waals surface area contributed by atoms with Crippen LogP contribution in [0.4, 0.5) is 27.6 Å². The molecule has 1 aliphatic heterocycles. The number of likely N-dealkylation sites (N-methyl/N-ethyl adjacent to an activating group) is 1. The van der Waals surface area contributed by atoms with Crippen molar-refractivity contribution in [2.45, 2.75) is 62.8 Å². The van der Waals surface area contributed by atoms with Gasteiger partial charge in [0.1, 0.15) is 11.4 Å². The van der Waals surface area contributed by atoms with Crippen molar-refractivity contribution in [2.75, 3.05) is 32.6 Å². The molecule has 1 saturated heterocycles. The van der Waals surface area contributed by atoms with E-state index in [1.165, 1.54) is 19.1 Å². The number of nitrogens with zero attached hydrogens (tertiary/aromatic N) is 2. The molecule has 0 bridgehead atoms. The molecule has 208 valence electrons. The van der Waals surface area contributed by atoms with Crippen LogP contribution >= 0.6 is 0 Å². The summed E-state index contributed by atoms with van der Waals surface area (Å²) < 4.78 is 75.3. The Bertz CT molecular complexity index is 1230. The Hall–Kier alpha value is -2.99. The van der Waals surface area contributed by atoms with Crippen molar-refractivity contribution in [2.24, 2.45) is 0 Å². The predicted octanol–water partition coefficient (Wildman–Crippen LogP) is 4.30. The van der Waals surface area contributed by atoms with Gasteiger partial charge in [-0.2, -0.15) is 0 Å². The lowest BCUT2D eigenvalue weighted by atomic mass is 10.0. The van der Waals surface area contributed by atoms with Gasteiger partial charge >= 0.3 is 0 Å². The molecule has 38 heavy (non-hydrogen) atoms. The van der Waals surface area contributed by atoms with Gasteiger partial charge in [0, 0.05) is 31.5 Å². The van der Waals surface area contributed by atoms with Gasteiger partial charge in [0.25, 0.3) is 24.3 Å². The zero-order valence-electron chi connectivity index (χ0n) is 21.3. The molecule has 1 aromatic heterocycles. The van der Waals surface area contributed by atoms with Crippen LogP contribution in [0.1, 0.15) is 60.1 Å². The number of ether oxygens (including phenoxy) is 1. The molecule has 1 unspecified atom stereocenters. The lowest BCUT2D eigenvalue weighted by Gasteiger charge is -2.37. The number of likely N-dealkylation sites (tertiary alicyclic amines) is 1. The maximum Gasteiger partial charge on any atom is 0.266 e. The second-order valence-electron chi connectivity index (χ2n) is 10.0. The van der Waals surface area contributed by atoms with Crippen molar-refractivity contribution in [1.82, 2.24) is 14.8 Å². The Morgan fingerprint density at radius 2 is 1.87 bits per heavy atom. The summed E-state index contributed by atoms with van der Waals surface area (Å²) in [4.78, 5) is 28.4. The summed E-state index contributed by atoms with van der Waals surface area (Å²) in [6, 6.07) is 3.31. The van der Waals surface area contributed by atoms with E-state index in [9.17, 15) is 31.5 Å². The minimum atomic E-state index is -3.04. The van der Waals surface area contributed by atoms with Gasteiger partial charge in [-0.25, -0.2) is 22.0 Å². The number of hydrogen-bond donors (Lipinski definition) is 2. The lowest BCUT2D eigenvalue weighted by molar-refractivity contribution is 0.0312. The van der Waals surface area contributed by atoms with Crippen LogP contribution in [-0.2, 0) is 10.3 Å². The summed E-state index contributed by atoms with van der Waals surface area (Å²) in [6.07, 6.45) is -4.22. The first-order chi connectivity index (χ1) is 18.0. The van der Waals surface area contributed by atoms with E-state index in [0.717, 1.165) is 29.4 Å². The van der Waals surface area contributed by atoms with E-state index in [4.69, 9.17) is 4.74 Å². The van der Waals surface area contributed by atoms with E-state index in [0.29, 0.717) is 13.0 Å². The van der Waals surface area contributed by atoms with Crippen LogP contribution in [0.2, 0.25) is 0 Å². The molecule has 1 aliphatic carbocycles. The highest BCUT2D eigenvalue weighted by molar-refractivity contribution is 5.99. The van der Waals surface area contributed by atoms with Gasteiger partial charge in [-0.1, -0.05) is 18.2 Å². The fourth-order valence-electron chi connectivity index (χ4n) is 4.97. The number of nitrogens with one attached hydrogen (secondary N) is 2. The van der Waals surface area contributed by atoms with E-state index in [1.807, 2.05) is 7.05 Å². The number of benzene rings is 1. The fourth-order valence-corrected chi connectivity index (χ4v) is 4.97. The van der Waals surface area contributed by atoms with Gasteiger partial charge in [-0.3, -0.25) is 9.59 Å². The summed E-state index contributed by atoms with van der Waals surface area (Å²) in [5.41, 5.74) is -3.29. The predicted molar refractivity (Wildman–Crippen MR) is 131 cm³/mol. The summed E-state index contributed by atoms with van der Waals surface area (Å²) in [6.45, 7) is 2.74. The van der Waals surface area contributed by atoms with Crippen LogP contribution in [0.25, 0.3) is 0 Å². The molecule has 2 heterocycles. The molecule has 7 nitrogen and oxygen atoms in total. The summed E-state index contributed by atoms with van der Waals surface area (Å²) in [5.74, 6) is -1.91. The maximum atomic E-state index is 14.7. The number of aromatic nitrogens is 1. The summed E-state index contributed by atoms with van der Waals surface area (Å²) in [5, 5.41) is 5.75. The van der Waals surface area contributed by atoms with Crippen LogP contribution in [0.5, 0.6) is 0 Å². The van der Waals surface area contributed by atoms with Crippen LogP contribution in [0, 0.1) is 5.82 Å². The molecule has 1 amide bonds. The van der Waals surface area contributed by atoms with Gasteiger partial charge in [0.05, 0.1) is 35.0 Å². The standard InChI is InChI=1S/C26H31F5N4O3/c1-14(15-5-4-6-16(22(15)27)23(28)29)32-24(37)17-12-35(26(8-9-26)25(30)31)21(36)11-19(17)33-18-7-10-34(2)13-20(18)38-3/h4-6,11-12,14,18,20,23,25,33H,7-10,13H2,1-3H3,(H,32,37)/t14?,18-,20+/m1/s1. The Balaban J connectivity index is 1.69. The van der Waals surface area contributed by atoms with Crippen molar-refractivity contribution < 1.29 is 31.5 Å². The van der Waals surface area contributed by atoms with Gasteiger partial charge in [0.2, 0.25) is 0 Å². The Kier molecular flexibility index (Phi) is 8.12. The first kappa shape index (κ1) is 28.0.